The van der Waals surface area contributed by atoms with Gasteiger partial charge in [-0.25, -0.2) is 4.98 Å². The standard InChI is InChI=1S/C26H17NO2/c28-25-20-13-7-8-14-21(20)26(29)24(25)23-16-19(17-9-3-1-4-10-17)15-22(27-23)18-11-5-2-6-12-18/h1-16,28H. The third-order valence-corrected chi connectivity index (χ3v) is 5.15. The minimum atomic E-state index is -0.199. The molecule has 0 saturated heterocycles. The smallest absolute Gasteiger partial charge is 0.199 e. The summed E-state index contributed by atoms with van der Waals surface area (Å²) in [5, 5.41) is 10.8. The molecule has 5 rings (SSSR count). The molecule has 1 heterocycles. The highest BCUT2D eigenvalue weighted by atomic mass is 16.3. The van der Waals surface area contributed by atoms with Gasteiger partial charge in [0.1, 0.15) is 5.76 Å². The van der Waals surface area contributed by atoms with Crippen LogP contribution in [0.2, 0.25) is 0 Å². The number of carbonyl (C=O) groups excluding carboxylic acids is 1. The maximum Gasteiger partial charge on any atom is 0.199 e. The molecule has 0 aliphatic heterocycles. The van der Waals surface area contributed by atoms with Crippen molar-refractivity contribution in [1.82, 2.24) is 4.98 Å². The van der Waals surface area contributed by atoms with E-state index in [1.165, 1.54) is 0 Å². The number of carbonyl (C=O) groups is 1. The van der Waals surface area contributed by atoms with Crippen LogP contribution in [0.25, 0.3) is 33.7 Å². The van der Waals surface area contributed by atoms with E-state index in [-0.39, 0.29) is 17.1 Å². The molecule has 1 aliphatic carbocycles. The van der Waals surface area contributed by atoms with Gasteiger partial charge >= 0.3 is 0 Å². The molecule has 138 valence electrons. The van der Waals surface area contributed by atoms with E-state index in [1.54, 1.807) is 18.2 Å². The first kappa shape index (κ1) is 17.1. The van der Waals surface area contributed by atoms with Crippen LogP contribution in [0.1, 0.15) is 21.6 Å². The molecule has 0 bridgehead atoms. The first-order chi connectivity index (χ1) is 14.2. The third kappa shape index (κ3) is 2.93. The Morgan fingerprint density at radius 2 is 1.14 bits per heavy atom. The lowest BCUT2D eigenvalue weighted by atomic mass is 9.99. The summed E-state index contributed by atoms with van der Waals surface area (Å²) in [4.78, 5) is 17.8. The second-order valence-corrected chi connectivity index (χ2v) is 6.96. The zero-order chi connectivity index (χ0) is 19.8. The number of aliphatic hydroxyl groups is 1. The lowest BCUT2D eigenvalue weighted by Gasteiger charge is -2.10. The van der Waals surface area contributed by atoms with Crippen molar-refractivity contribution in [1.29, 1.82) is 0 Å². The van der Waals surface area contributed by atoms with E-state index in [4.69, 9.17) is 4.98 Å². The number of pyridine rings is 1. The molecule has 1 aliphatic rings. The first-order valence-electron chi connectivity index (χ1n) is 9.43. The van der Waals surface area contributed by atoms with Crippen molar-refractivity contribution < 1.29 is 9.90 Å². The normalized spacial score (nSPS) is 12.9. The van der Waals surface area contributed by atoms with E-state index < -0.39 is 0 Å². The van der Waals surface area contributed by atoms with Gasteiger partial charge in [0.2, 0.25) is 0 Å². The van der Waals surface area contributed by atoms with Crippen molar-refractivity contribution in [2.45, 2.75) is 0 Å². The molecular formula is C26H17NO2. The Morgan fingerprint density at radius 1 is 0.586 bits per heavy atom. The molecule has 3 aromatic carbocycles. The second-order valence-electron chi connectivity index (χ2n) is 6.96. The lowest BCUT2D eigenvalue weighted by Crippen LogP contribution is -2.02. The summed E-state index contributed by atoms with van der Waals surface area (Å²) >= 11 is 0. The molecule has 0 radical (unpaired) electrons. The molecular weight excluding hydrogens is 358 g/mol. The molecule has 0 unspecified atom stereocenters. The van der Waals surface area contributed by atoms with Crippen LogP contribution in [0.3, 0.4) is 0 Å². The number of rotatable bonds is 3. The Hall–Kier alpha value is -3.98. The number of hydrogen-bond acceptors (Lipinski definition) is 3. The van der Waals surface area contributed by atoms with Crippen LogP contribution in [0.4, 0.5) is 0 Å². The van der Waals surface area contributed by atoms with Crippen molar-refractivity contribution in [2.24, 2.45) is 0 Å². The highest BCUT2D eigenvalue weighted by Gasteiger charge is 2.31. The quantitative estimate of drug-likeness (QED) is 0.475. The van der Waals surface area contributed by atoms with Crippen LogP contribution in [0, 0.1) is 0 Å². The summed E-state index contributed by atoms with van der Waals surface area (Å²) in [5.74, 6) is -0.211. The molecule has 0 fully saturated rings. The molecule has 0 spiro atoms. The number of ketones is 1. The predicted molar refractivity (Wildman–Crippen MR) is 115 cm³/mol. The summed E-state index contributed by atoms with van der Waals surface area (Å²) < 4.78 is 0. The van der Waals surface area contributed by atoms with Crippen LogP contribution in [0.15, 0.2) is 97.1 Å². The molecule has 3 nitrogen and oxygen atoms in total. The van der Waals surface area contributed by atoms with Gasteiger partial charge in [-0.15, -0.1) is 0 Å². The van der Waals surface area contributed by atoms with Gasteiger partial charge in [0, 0.05) is 16.7 Å². The summed E-state index contributed by atoms with van der Waals surface area (Å²) in [6.07, 6.45) is 0. The maximum absolute atomic E-state index is 13.0. The van der Waals surface area contributed by atoms with E-state index in [9.17, 15) is 9.90 Å². The number of aliphatic hydroxyl groups excluding tert-OH is 1. The number of allylic oxidation sites excluding steroid dienone is 1. The third-order valence-electron chi connectivity index (χ3n) is 5.15. The van der Waals surface area contributed by atoms with E-state index in [0.717, 1.165) is 22.4 Å². The van der Waals surface area contributed by atoms with Crippen molar-refractivity contribution in [2.75, 3.05) is 0 Å². The molecule has 29 heavy (non-hydrogen) atoms. The molecule has 3 heteroatoms. The van der Waals surface area contributed by atoms with Crippen molar-refractivity contribution in [3.8, 4) is 22.4 Å². The van der Waals surface area contributed by atoms with Gasteiger partial charge in [0.05, 0.1) is 17.0 Å². The number of fused-ring (bicyclic) bond motifs is 1. The minimum Gasteiger partial charge on any atom is -0.506 e. The fraction of sp³-hybridized carbons (Fsp3) is 0. The summed E-state index contributed by atoms with van der Waals surface area (Å²) in [6, 6.07) is 30.8. The van der Waals surface area contributed by atoms with E-state index in [1.807, 2.05) is 78.9 Å². The number of benzene rings is 3. The number of nitrogens with zero attached hydrogens (tertiary/aromatic N) is 1. The molecule has 1 N–H and O–H groups in total. The average molecular weight is 375 g/mol. The first-order valence-corrected chi connectivity index (χ1v) is 9.43. The largest absolute Gasteiger partial charge is 0.506 e. The van der Waals surface area contributed by atoms with Crippen molar-refractivity contribution >= 4 is 17.1 Å². The maximum atomic E-state index is 13.0. The Morgan fingerprint density at radius 3 is 1.79 bits per heavy atom. The SMILES string of the molecule is O=C1C(c2cc(-c3ccccc3)cc(-c3ccccc3)n2)=C(O)c2ccccc21. The Kier molecular flexibility index (Phi) is 4.07. The van der Waals surface area contributed by atoms with Crippen LogP contribution < -0.4 is 0 Å². The zero-order valence-corrected chi connectivity index (χ0v) is 15.5. The highest BCUT2D eigenvalue weighted by molar-refractivity contribution is 6.38. The summed E-state index contributed by atoms with van der Waals surface area (Å²) in [6.45, 7) is 0. The number of hydrogen-bond donors (Lipinski definition) is 1. The van der Waals surface area contributed by atoms with E-state index in [0.29, 0.717) is 16.8 Å². The molecule has 1 aromatic heterocycles. The lowest BCUT2D eigenvalue weighted by molar-refractivity contribution is 0.105. The van der Waals surface area contributed by atoms with Crippen LogP contribution in [-0.2, 0) is 0 Å². The van der Waals surface area contributed by atoms with E-state index >= 15 is 0 Å². The Bertz CT molecular complexity index is 1200. The van der Waals surface area contributed by atoms with Gasteiger partial charge < -0.3 is 5.11 Å². The summed E-state index contributed by atoms with van der Waals surface area (Å²) in [5.41, 5.74) is 5.47. The zero-order valence-electron chi connectivity index (χ0n) is 15.5. The van der Waals surface area contributed by atoms with Crippen LogP contribution in [-0.4, -0.2) is 15.9 Å². The molecule has 0 atom stereocenters. The Labute approximate surface area is 168 Å². The summed E-state index contributed by atoms with van der Waals surface area (Å²) in [7, 11) is 0. The molecule has 0 amide bonds. The average Bonchev–Trinajstić information content (AvgIpc) is 3.05. The van der Waals surface area contributed by atoms with Gasteiger partial charge in [-0.2, -0.15) is 0 Å². The molecule has 0 saturated carbocycles. The fourth-order valence-electron chi connectivity index (χ4n) is 3.71. The highest BCUT2D eigenvalue weighted by Crippen LogP contribution is 2.38. The van der Waals surface area contributed by atoms with Gasteiger partial charge in [-0.1, -0.05) is 84.9 Å². The van der Waals surface area contributed by atoms with Crippen molar-refractivity contribution in [3.05, 3.63) is 114 Å². The number of aromatic nitrogens is 1. The number of Topliss-reactive ketones (excluding diaryl/α,β-unsaturated/α-hetero) is 1. The second kappa shape index (κ2) is 6.88. The van der Waals surface area contributed by atoms with Crippen LogP contribution >= 0.6 is 0 Å². The van der Waals surface area contributed by atoms with Crippen LogP contribution in [0.5, 0.6) is 0 Å². The van der Waals surface area contributed by atoms with Crippen molar-refractivity contribution in [3.63, 3.8) is 0 Å². The molecule has 4 aromatic rings. The predicted octanol–water partition coefficient (Wildman–Crippen LogP) is 6.04. The topological polar surface area (TPSA) is 50.2 Å². The van der Waals surface area contributed by atoms with Gasteiger partial charge in [-0.05, 0) is 23.3 Å². The van der Waals surface area contributed by atoms with Gasteiger partial charge in [0.15, 0.2) is 5.78 Å². The van der Waals surface area contributed by atoms with Gasteiger partial charge in [0.25, 0.3) is 0 Å². The Balaban J connectivity index is 1.74. The van der Waals surface area contributed by atoms with Gasteiger partial charge in [-0.3, -0.25) is 4.79 Å². The fourth-order valence-corrected chi connectivity index (χ4v) is 3.71. The van der Waals surface area contributed by atoms with E-state index in [2.05, 4.69) is 0 Å². The monoisotopic (exact) mass is 375 g/mol. The minimum absolute atomic E-state index is 0.0117.